The van der Waals surface area contributed by atoms with Crippen LogP contribution in [0.2, 0.25) is 0 Å². The summed E-state index contributed by atoms with van der Waals surface area (Å²) in [4.78, 5) is 16.8. The minimum absolute atomic E-state index is 0.0633. The topological polar surface area (TPSA) is 60.9 Å². The summed E-state index contributed by atoms with van der Waals surface area (Å²) in [6.07, 6.45) is 7.86. The van der Waals surface area contributed by atoms with E-state index in [4.69, 9.17) is 0 Å². The van der Waals surface area contributed by atoms with Gasteiger partial charge in [0.1, 0.15) is 0 Å². The Morgan fingerprint density at radius 3 is 2.38 bits per heavy atom. The van der Waals surface area contributed by atoms with E-state index in [1.807, 2.05) is 23.9 Å². The van der Waals surface area contributed by atoms with E-state index in [1.54, 1.807) is 28.6 Å². The fourth-order valence-electron chi connectivity index (χ4n) is 4.32. The summed E-state index contributed by atoms with van der Waals surface area (Å²) >= 11 is 0. The molecule has 0 atom stereocenters. The first kappa shape index (κ1) is 22.2. The fourth-order valence-corrected chi connectivity index (χ4v) is 5.87. The maximum Gasteiger partial charge on any atom is 0.253 e. The summed E-state index contributed by atoms with van der Waals surface area (Å²) in [5.41, 5.74) is 0.471. The molecule has 2 aliphatic rings. The quantitative estimate of drug-likeness (QED) is 0.647. The number of hydrogen-bond donors (Lipinski definition) is 0. The first-order valence-corrected chi connectivity index (χ1v) is 12.4. The number of amides is 1. The van der Waals surface area contributed by atoms with Crippen molar-refractivity contribution >= 4 is 15.9 Å². The minimum atomic E-state index is -3.64. The standard InChI is InChI=1S/C22H35N3O3S/c1-23(2)15-16-25(18-19-9-4-3-5-10-19)29(27,28)21-12-8-11-20(17-21)22(26)24-13-6-7-14-24/h8,11-12,17,19H,3-7,9-10,13-16,18H2,1-2H3. The van der Waals surface area contributed by atoms with Crippen LogP contribution in [0.4, 0.5) is 0 Å². The molecule has 1 aromatic rings. The first-order valence-electron chi connectivity index (χ1n) is 10.9. The molecular formula is C22H35N3O3S. The number of carbonyl (C=O) groups excluding carboxylic acids is 1. The second-order valence-corrected chi connectivity index (χ2v) is 10.6. The molecule has 0 aromatic heterocycles. The molecule has 0 N–H and O–H groups in total. The van der Waals surface area contributed by atoms with Crippen molar-refractivity contribution in [2.24, 2.45) is 5.92 Å². The summed E-state index contributed by atoms with van der Waals surface area (Å²) in [7, 11) is 0.278. The molecule has 3 rings (SSSR count). The van der Waals surface area contributed by atoms with Crippen LogP contribution in [0.15, 0.2) is 29.2 Å². The third kappa shape index (κ3) is 5.80. The van der Waals surface area contributed by atoms with Gasteiger partial charge in [-0.2, -0.15) is 4.31 Å². The molecule has 1 aromatic carbocycles. The van der Waals surface area contributed by atoms with Gasteiger partial charge in [0.05, 0.1) is 4.90 Å². The van der Waals surface area contributed by atoms with E-state index in [1.165, 1.54) is 19.3 Å². The SMILES string of the molecule is CN(C)CCN(CC1CCCCC1)S(=O)(=O)c1cccc(C(=O)N2CCCC2)c1. The summed E-state index contributed by atoms with van der Waals surface area (Å²) in [5, 5.41) is 0. The van der Waals surface area contributed by atoms with E-state index < -0.39 is 10.0 Å². The fraction of sp³-hybridized carbons (Fsp3) is 0.682. The Labute approximate surface area is 175 Å². The summed E-state index contributed by atoms with van der Waals surface area (Å²) in [6, 6.07) is 6.62. The van der Waals surface area contributed by atoms with Crippen molar-refractivity contribution in [1.29, 1.82) is 0 Å². The third-order valence-corrected chi connectivity index (χ3v) is 7.96. The number of likely N-dealkylation sites (N-methyl/N-ethyl adjacent to an activating group) is 1. The van der Waals surface area contributed by atoms with Crippen LogP contribution in [0, 0.1) is 5.92 Å². The van der Waals surface area contributed by atoms with Crippen LogP contribution in [0.25, 0.3) is 0 Å². The molecule has 29 heavy (non-hydrogen) atoms. The van der Waals surface area contributed by atoms with E-state index in [0.717, 1.165) is 38.8 Å². The smallest absolute Gasteiger partial charge is 0.253 e. The number of benzene rings is 1. The first-order chi connectivity index (χ1) is 13.9. The van der Waals surface area contributed by atoms with Gasteiger partial charge in [0.15, 0.2) is 0 Å². The Morgan fingerprint density at radius 2 is 1.72 bits per heavy atom. The molecule has 0 spiro atoms. The zero-order valence-corrected chi connectivity index (χ0v) is 18.7. The minimum Gasteiger partial charge on any atom is -0.339 e. The summed E-state index contributed by atoms with van der Waals surface area (Å²) in [6.45, 7) is 3.23. The molecule has 0 unspecified atom stereocenters. The maximum atomic E-state index is 13.5. The highest BCUT2D eigenvalue weighted by Gasteiger charge is 2.29. The lowest BCUT2D eigenvalue weighted by atomic mass is 9.89. The Hall–Kier alpha value is -1.44. The molecule has 1 aliphatic carbocycles. The molecular weight excluding hydrogens is 386 g/mol. The third-order valence-electron chi connectivity index (χ3n) is 6.10. The molecule has 2 fully saturated rings. The monoisotopic (exact) mass is 421 g/mol. The number of carbonyl (C=O) groups is 1. The predicted molar refractivity (Wildman–Crippen MR) is 115 cm³/mol. The van der Waals surface area contributed by atoms with Crippen LogP contribution in [0.3, 0.4) is 0 Å². The highest BCUT2D eigenvalue weighted by molar-refractivity contribution is 7.89. The molecule has 1 heterocycles. The van der Waals surface area contributed by atoms with Crippen LogP contribution >= 0.6 is 0 Å². The predicted octanol–water partition coefficient (Wildman–Crippen LogP) is 3.06. The molecule has 1 aliphatic heterocycles. The van der Waals surface area contributed by atoms with E-state index in [2.05, 4.69) is 0 Å². The van der Waals surface area contributed by atoms with Crippen molar-refractivity contribution in [2.75, 3.05) is 46.8 Å². The zero-order chi connectivity index (χ0) is 20.9. The summed E-state index contributed by atoms with van der Waals surface area (Å²) < 4.78 is 28.6. The summed E-state index contributed by atoms with van der Waals surface area (Å²) in [5.74, 6) is 0.363. The van der Waals surface area contributed by atoms with Gasteiger partial charge in [0.25, 0.3) is 5.91 Å². The Balaban J connectivity index is 1.81. The lowest BCUT2D eigenvalue weighted by Gasteiger charge is -2.30. The Morgan fingerprint density at radius 1 is 1.03 bits per heavy atom. The van der Waals surface area contributed by atoms with Crippen LogP contribution in [0.5, 0.6) is 0 Å². The lowest BCUT2D eigenvalue weighted by molar-refractivity contribution is 0.0792. The molecule has 1 saturated carbocycles. The number of nitrogens with zero attached hydrogens (tertiary/aromatic N) is 3. The van der Waals surface area contributed by atoms with Gasteiger partial charge < -0.3 is 9.80 Å². The van der Waals surface area contributed by atoms with Crippen molar-refractivity contribution in [1.82, 2.24) is 14.1 Å². The van der Waals surface area contributed by atoms with Crippen molar-refractivity contribution < 1.29 is 13.2 Å². The zero-order valence-electron chi connectivity index (χ0n) is 17.8. The van der Waals surface area contributed by atoms with Crippen LogP contribution in [-0.4, -0.2) is 75.2 Å². The van der Waals surface area contributed by atoms with Crippen molar-refractivity contribution in [2.45, 2.75) is 49.8 Å². The van der Waals surface area contributed by atoms with Gasteiger partial charge in [-0.3, -0.25) is 4.79 Å². The van der Waals surface area contributed by atoms with Gasteiger partial charge in [-0.15, -0.1) is 0 Å². The molecule has 0 bridgehead atoms. The van der Waals surface area contributed by atoms with Gasteiger partial charge in [0.2, 0.25) is 10.0 Å². The molecule has 1 saturated heterocycles. The molecule has 6 nitrogen and oxygen atoms in total. The Kier molecular flexibility index (Phi) is 7.71. The van der Waals surface area contributed by atoms with Crippen molar-refractivity contribution in [3.05, 3.63) is 29.8 Å². The average molecular weight is 422 g/mol. The average Bonchev–Trinajstić information content (AvgIpc) is 3.26. The molecule has 1 amide bonds. The van der Waals surface area contributed by atoms with Gasteiger partial charge in [-0.05, 0) is 63.9 Å². The second-order valence-electron chi connectivity index (χ2n) is 8.70. The van der Waals surface area contributed by atoms with Gasteiger partial charge in [0, 0.05) is 38.3 Å². The van der Waals surface area contributed by atoms with E-state index in [-0.39, 0.29) is 10.8 Å². The van der Waals surface area contributed by atoms with Crippen LogP contribution < -0.4 is 0 Å². The second kappa shape index (κ2) is 10.0. The molecule has 7 heteroatoms. The van der Waals surface area contributed by atoms with Crippen molar-refractivity contribution in [3.63, 3.8) is 0 Å². The van der Waals surface area contributed by atoms with Gasteiger partial charge in [-0.1, -0.05) is 25.3 Å². The van der Waals surface area contributed by atoms with E-state index >= 15 is 0 Å². The van der Waals surface area contributed by atoms with E-state index in [0.29, 0.717) is 31.1 Å². The van der Waals surface area contributed by atoms with E-state index in [9.17, 15) is 13.2 Å². The highest BCUT2D eigenvalue weighted by atomic mass is 32.2. The number of hydrogen-bond acceptors (Lipinski definition) is 4. The Bertz CT molecular complexity index is 782. The molecule has 0 radical (unpaired) electrons. The van der Waals surface area contributed by atoms with Crippen LogP contribution in [-0.2, 0) is 10.0 Å². The number of sulfonamides is 1. The van der Waals surface area contributed by atoms with Gasteiger partial charge >= 0.3 is 0 Å². The van der Waals surface area contributed by atoms with Crippen molar-refractivity contribution in [3.8, 4) is 0 Å². The number of rotatable bonds is 8. The molecule has 162 valence electrons. The highest BCUT2D eigenvalue weighted by Crippen LogP contribution is 2.27. The van der Waals surface area contributed by atoms with Crippen LogP contribution in [0.1, 0.15) is 55.3 Å². The largest absolute Gasteiger partial charge is 0.339 e. The lowest BCUT2D eigenvalue weighted by Crippen LogP contribution is -2.40. The normalized spacial score (nSPS) is 18.7. The number of likely N-dealkylation sites (tertiary alicyclic amines) is 1. The van der Waals surface area contributed by atoms with Gasteiger partial charge in [-0.25, -0.2) is 8.42 Å². The maximum absolute atomic E-state index is 13.5.